The molecule has 0 aliphatic carbocycles. The van der Waals surface area contributed by atoms with E-state index < -0.39 is 35.3 Å². The van der Waals surface area contributed by atoms with Crippen LogP contribution < -0.4 is 10.2 Å². The summed E-state index contributed by atoms with van der Waals surface area (Å²) in [6.45, 7) is 0. The fraction of sp³-hybridized carbons (Fsp3) is 0. The molecule has 0 aliphatic rings. The Balaban J connectivity index is -0.000000384. The second kappa shape index (κ2) is 13.0. The van der Waals surface area contributed by atoms with Crippen molar-refractivity contribution in [3.63, 3.8) is 0 Å². The maximum atomic E-state index is 10.4. The Morgan fingerprint density at radius 3 is 1.22 bits per heavy atom. The zero-order valence-corrected chi connectivity index (χ0v) is 16.5. The Bertz CT molecular complexity index is 678. The van der Waals surface area contributed by atoms with Crippen LogP contribution in [-0.4, -0.2) is 44.1 Å². The molecule has 0 aromatic carbocycles. The van der Waals surface area contributed by atoms with Crippen LogP contribution >= 0.6 is 0 Å². The van der Waals surface area contributed by atoms with Crippen LogP contribution in [0.3, 0.4) is 0 Å². The van der Waals surface area contributed by atoms with Gasteiger partial charge >= 0.3 is 31.4 Å². The molecule has 8 N–H and O–H groups in total. The van der Waals surface area contributed by atoms with Crippen LogP contribution in [-0.2, 0) is 30.4 Å². The summed E-state index contributed by atoms with van der Waals surface area (Å²) in [6, 6.07) is 4.99. The van der Waals surface area contributed by atoms with Crippen molar-refractivity contribution in [2.24, 2.45) is 0 Å². The SMILES string of the molecule is O=C(O)c1cccnc1C(=O)[O-].O=C(O)c1cccnc1C(=O)[O-].[OH3+].[OH3+].[Zn+2]. The first kappa shape index (κ1) is 28.5. The van der Waals surface area contributed by atoms with E-state index in [0.717, 1.165) is 12.1 Å². The number of aromatic carboxylic acids is 4. The quantitative estimate of drug-likeness (QED) is 0.353. The summed E-state index contributed by atoms with van der Waals surface area (Å²) in [5.74, 6) is -5.84. The summed E-state index contributed by atoms with van der Waals surface area (Å²) in [5.41, 5.74) is -1.83. The van der Waals surface area contributed by atoms with Crippen molar-refractivity contribution in [2.45, 2.75) is 0 Å². The molecule has 140 valence electrons. The zero-order valence-electron chi connectivity index (χ0n) is 13.6. The smallest absolute Gasteiger partial charge is 0.543 e. The zero-order chi connectivity index (χ0) is 18.3. The van der Waals surface area contributed by atoms with E-state index in [1.807, 2.05) is 0 Å². The van der Waals surface area contributed by atoms with E-state index in [-0.39, 0.29) is 41.6 Å². The summed E-state index contributed by atoms with van der Waals surface area (Å²) < 4.78 is 0. The Kier molecular flexibility index (Phi) is 13.7. The van der Waals surface area contributed by atoms with Crippen LogP contribution in [0.15, 0.2) is 36.7 Å². The number of carbonyl (C=O) groups is 4. The molecule has 0 fully saturated rings. The summed E-state index contributed by atoms with van der Waals surface area (Å²) >= 11 is 0. The Morgan fingerprint density at radius 2 is 1.04 bits per heavy atom. The van der Waals surface area contributed by atoms with Gasteiger partial charge in [-0.15, -0.1) is 0 Å². The van der Waals surface area contributed by atoms with Gasteiger partial charge in [0, 0.05) is 12.4 Å². The monoisotopic (exact) mass is 434 g/mol. The fourth-order valence-corrected chi connectivity index (χ4v) is 1.48. The van der Waals surface area contributed by atoms with E-state index in [0.29, 0.717) is 0 Å². The number of nitrogens with zero attached hydrogens (tertiary/aromatic N) is 2. The summed E-state index contributed by atoms with van der Waals surface area (Å²) in [6.07, 6.45) is 2.38. The molecule has 2 heterocycles. The molecule has 2 aromatic rings. The predicted molar refractivity (Wildman–Crippen MR) is 80.8 cm³/mol. The molecule has 0 saturated heterocycles. The van der Waals surface area contributed by atoms with Gasteiger partial charge in [0.2, 0.25) is 0 Å². The molecule has 0 bridgehead atoms. The molecule has 0 saturated carbocycles. The molecular formula is C14H14N2O10Zn+2. The average molecular weight is 436 g/mol. The molecule has 2 aromatic heterocycles. The third-order valence-electron chi connectivity index (χ3n) is 2.46. The van der Waals surface area contributed by atoms with Crippen molar-refractivity contribution in [3.05, 3.63) is 59.2 Å². The third-order valence-corrected chi connectivity index (χ3v) is 2.46. The molecule has 0 radical (unpaired) electrons. The predicted octanol–water partition coefficient (Wildman–Crippen LogP) is -3.56. The molecular weight excluding hydrogens is 422 g/mol. The Hall–Kier alpha value is -3.28. The molecule has 27 heavy (non-hydrogen) atoms. The number of carbonyl (C=O) groups excluding carboxylic acids is 2. The van der Waals surface area contributed by atoms with Crippen molar-refractivity contribution in [1.29, 1.82) is 0 Å². The van der Waals surface area contributed by atoms with Crippen LogP contribution in [0.2, 0.25) is 0 Å². The number of aromatic nitrogens is 2. The minimum Gasteiger partial charge on any atom is -0.543 e. The second-order valence-corrected chi connectivity index (χ2v) is 3.98. The maximum Gasteiger partial charge on any atom is 2.00 e. The summed E-state index contributed by atoms with van der Waals surface area (Å²) in [5, 5.41) is 37.5. The Morgan fingerprint density at radius 1 is 0.741 bits per heavy atom. The fourth-order valence-electron chi connectivity index (χ4n) is 1.48. The third kappa shape index (κ3) is 8.09. The van der Waals surface area contributed by atoms with Gasteiger partial charge < -0.3 is 41.0 Å². The van der Waals surface area contributed by atoms with Gasteiger partial charge in [-0.25, -0.2) is 9.59 Å². The van der Waals surface area contributed by atoms with Crippen LogP contribution in [0.4, 0.5) is 0 Å². The standard InChI is InChI=1S/2C7H5NO4.2H2O.Zn/c2*9-6(10)4-2-1-3-8-5(4)7(11)12;;;/h2*1-3H,(H,9,10)(H,11,12);2*1H2;/q;;;;+2. The van der Waals surface area contributed by atoms with E-state index in [2.05, 4.69) is 9.97 Å². The van der Waals surface area contributed by atoms with Gasteiger partial charge in [-0.3, -0.25) is 9.97 Å². The molecule has 13 heteroatoms. The van der Waals surface area contributed by atoms with Gasteiger partial charge in [-0.05, 0) is 24.3 Å². The van der Waals surface area contributed by atoms with E-state index in [1.54, 1.807) is 0 Å². The second-order valence-electron chi connectivity index (χ2n) is 3.98. The first-order valence-corrected chi connectivity index (χ1v) is 6.05. The van der Waals surface area contributed by atoms with Gasteiger partial charge in [0.25, 0.3) is 0 Å². The van der Waals surface area contributed by atoms with Gasteiger partial charge in [-0.1, -0.05) is 0 Å². The average Bonchev–Trinajstić information content (AvgIpc) is 2.55. The van der Waals surface area contributed by atoms with Gasteiger partial charge in [-0.2, -0.15) is 0 Å². The molecule has 0 amide bonds. The first-order valence-electron chi connectivity index (χ1n) is 6.05. The van der Waals surface area contributed by atoms with Crippen molar-refractivity contribution in [3.8, 4) is 0 Å². The van der Waals surface area contributed by atoms with Crippen LogP contribution in [0, 0.1) is 0 Å². The van der Waals surface area contributed by atoms with Crippen molar-refractivity contribution >= 4 is 23.9 Å². The maximum absolute atomic E-state index is 10.4. The number of carboxylic acids is 4. The molecule has 0 aliphatic heterocycles. The first-order chi connectivity index (χ1) is 11.3. The van der Waals surface area contributed by atoms with E-state index in [1.165, 1.54) is 24.5 Å². The van der Waals surface area contributed by atoms with Gasteiger partial charge in [0.1, 0.15) is 11.4 Å². The number of carboxylic acid groups (broad SMARTS) is 4. The minimum absolute atomic E-state index is 0. The van der Waals surface area contributed by atoms with Crippen molar-refractivity contribution in [2.75, 3.05) is 0 Å². The van der Waals surface area contributed by atoms with E-state index >= 15 is 0 Å². The van der Waals surface area contributed by atoms with Gasteiger partial charge in [0.05, 0.1) is 23.1 Å². The molecule has 0 spiro atoms. The summed E-state index contributed by atoms with van der Waals surface area (Å²) in [7, 11) is 0. The molecule has 0 atom stereocenters. The Labute approximate surface area is 163 Å². The largest absolute Gasteiger partial charge is 2.00 e. The number of rotatable bonds is 4. The van der Waals surface area contributed by atoms with Crippen LogP contribution in [0.25, 0.3) is 0 Å². The van der Waals surface area contributed by atoms with E-state index in [4.69, 9.17) is 10.2 Å². The topological polar surface area (TPSA) is 247 Å². The van der Waals surface area contributed by atoms with Crippen LogP contribution in [0.1, 0.15) is 41.7 Å². The van der Waals surface area contributed by atoms with E-state index in [9.17, 15) is 29.4 Å². The van der Waals surface area contributed by atoms with Crippen LogP contribution in [0.5, 0.6) is 0 Å². The normalized spacial score (nSPS) is 8.30. The molecule has 0 unspecified atom stereocenters. The summed E-state index contributed by atoms with van der Waals surface area (Å²) in [4.78, 5) is 48.1. The van der Waals surface area contributed by atoms with Crippen molar-refractivity contribution < 1.29 is 70.0 Å². The molecule has 2 rings (SSSR count). The molecule has 12 nitrogen and oxygen atoms in total. The number of pyridine rings is 2. The number of hydrogen-bond donors (Lipinski definition) is 2. The van der Waals surface area contributed by atoms with Crippen molar-refractivity contribution in [1.82, 2.24) is 9.97 Å². The van der Waals surface area contributed by atoms with Gasteiger partial charge in [0.15, 0.2) is 0 Å². The minimum atomic E-state index is -1.59. The number of hydrogen-bond acceptors (Lipinski definition) is 8.